The van der Waals surface area contributed by atoms with Crippen LogP contribution in [0, 0.1) is 5.92 Å². The number of aromatic nitrogens is 1. The number of fused-ring (bicyclic) bond motifs is 2. The van der Waals surface area contributed by atoms with Crippen LogP contribution in [0.5, 0.6) is 0 Å². The van der Waals surface area contributed by atoms with Gasteiger partial charge in [0.1, 0.15) is 12.1 Å². The van der Waals surface area contributed by atoms with Crippen molar-refractivity contribution in [1.82, 2.24) is 25.0 Å². The molecule has 4 atom stereocenters. The molecular weight excluding hydrogens is 667 g/mol. The zero-order valence-corrected chi connectivity index (χ0v) is 27.8. The Labute approximate surface area is 279 Å². The third kappa shape index (κ3) is 6.73. The molecule has 0 radical (unpaired) electrons. The number of alkyl halides is 2. The Morgan fingerprint density at radius 2 is 1.75 bits per heavy atom. The number of thiophene rings is 1. The maximum absolute atomic E-state index is 14.3. The molecule has 3 fully saturated rings. The van der Waals surface area contributed by atoms with Crippen LogP contribution < -0.4 is 5.32 Å². The Bertz CT molecular complexity index is 1790. The topological polar surface area (TPSA) is 160 Å². The number of nitrogens with zero attached hydrogens (tertiary/aromatic N) is 4. The predicted molar refractivity (Wildman–Crippen MR) is 172 cm³/mol. The first-order valence-corrected chi connectivity index (χ1v) is 18.2. The summed E-state index contributed by atoms with van der Waals surface area (Å²) in [7, 11) is -5.79. The van der Waals surface area contributed by atoms with Gasteiger partial charge in [0.25, 0.3) is 5.91 Å². The summed E-state index contributed by atoms with van der Waals surface area (Å²) in [6.07, 6.45) is 6.71. The largest absolute Gasteiger partial charge is 0.399 e. The standard InChI is InChI=1S/C32H36F2N5O7PS/c1-19(40)37-13-9-24-3-4-26(31(43)38-12-8-21(17-38)14-20-6-10-35-11-7-20)39(24)30(42)25(18-37)36-29(41)28-16-22-15-23(2-5-27(22)48-28)32(33,34)47(44,45)46/h2,5-7,10-11,15-16,21,24-26H,3-4,8-9,12-14,17-18H2,1H3,(H,36,41)(H2,44,45,46)/t21-,24-,25+,26+/m1/s1. The number of likely N-dealkylation sites (tertiary alicyclic amines) is 1. The van der Waals surface area contributed by atoms with Crippen LogP contribution in [0.2, 0.25) is 0 Å². The molecule has 256 valence electrons. The fourth-order valence-corrected chi connectivity index (χ4v) is 8.43. The van der Waals surface area contributed by atoms with Crippen LogP contribution in [0.25, 0.3) is 10.1 Å². The van der Waals surface area contributed by atoms with E-state index in [0.29, 0.717) is 43.6 Å². The lowest BCUT2D eigenvalue weighted by molar-refractivity contribution is -0.148. The second kappa shape index (κ2) is 13.3. The minimum absolute atomic E-state index is 0.0776. The summed E-state index contributed by atoms with van der Waals surface area (Å²) < 4.78 is 40.5. The highest BCUT2D eigenvalue weighted by Gasteiger charge is 2.50. The molecule has 1 aromatic carbocycles. The number of carbonyl (C=O) groups excluding carboxylic acids is 4. The van der Waals surface area contributed by atoms with Gasteiger partial charge in [0.15, 0.2) is 0 Å². The van der Waals surface area contributed by atoms with Crippen molar-refractivity contribution in [2.75, 3.05) is 26.2 Å². The summed E-state index contributed by atoms with van der Waals surface area (Å²) in [5, 5.41) is 2.90. The van der Waals surface area contributed by atoms with Crippen LogP contribution in [0.3, 0.4) is 0 Å². The maximum atomic E-state index is 14.3. The van der Waals surface area contributed by atoms with E-state index in [1.54, 1.807) is 17.3 Å². The SMILES string of the molecule is CC(=O)N1CC[C@H]2CC[C@@H](C(=O)N3CC[C@H](Cc4ccncc4)C3)N2C(=O)[C@@H](NC(=O)c2cc3cc(C(F)(F)P(=O)(O)O)ccc3s2)C1. The molecule has 0 aliphatic carbocycles. The van der Waals surface area contributed by atoms with E-state index in [1.165, 1.54) is 24.0 Å². The number of carbonyl (C=O) groups is 4. The Morgan fingerprint density at radius 3 is 2.46 bits per heavy atom. The third-order valence-corrected chi connectivity index (χ3v) is 11.7. The van der Waals surface area contributed by atoms with Crippen LogP contribution in [0.1, 0.15) is 53.4 Å². The average molecular weight is 704 g/mol. The number of benzene rings is 1. The fraction of sp³-hybridized carbons (Fsp3) is 0.469. The second-order valence-electron chi connectivity index (χ2n) is 12.7. The fourth-order valence-electron chi connectivity index (χ4n) is 7.01. The summed E-state index contributed by atoms with van der Waals surface area (Å²) in [4.78, 5) is 81.4. The van der Waals surface area contributed by atoms with Gasteiger partial charge in [-0.1, -0.05) is 6.07 Å². The van der Waals surface area contributed by atoms with Crippen molar-refractivity contribution in [2.45, 2.75) is 62.8 Å². The van der Waals surface area contributed by atoms with Crippen molar-refractivity contribution >= 4 is 52.6 Å². The molecule has 3 aromatic rings. The molecule has 3 aliphatic rings. The lowest BCUT2D eigenvalue weighted by Gasteiger charge is -2.39. The molecule has 3 aliphatic heterocycles. The molecule has 48 heavy (non-hydrogen) atoms. The molecule has 0 bridgehead atoms. The molecule has 3 N–H and O–H groups in total. The summed E-state index contributed by atoms with van der Waals surface area (Å²) in [6, 6.07) is 6.15. The summed E-state index contributed by atoms with van der Waals surface area (Å²) in [6.45, 7) is 2.79. The highest BCUT2D eigenvalue weighted by molar-refractivity contribution is 7.52. The van der Waals surface area contributed by atoms with E-state index in [2.05, 4.69) is 10.3 Å². The molecule has 0 spiro atoms. The molecular formula is C32H36F2N5O7PS. The first-order chi connectivity index (χ1) is 22.7. The summed E-state index contributed by atoms with van der Waals surface area (Å²) >= 11 is 0.960. The zero-order valence-electron chi connectivity index (χ0n) is 26.1. The lowest BCUT2D eigenvalue weighted by Crippen LogP contribution is -2.61. The summed E-state index contributed by atoms with van der Waals surface area (Å²) in [5.74, 6) is -1.25. The number of amides is 4. The van der Waals surface area contributed by atoms with Gasteiger partial charge in [-0.3, -0.25) is 28.7 Å². The Balaban J connectivity index is 1.20. The molecule has 16 heteroatoms. The highest BCUT2D eigenvalue weighted by Crippen LogP contribution is 2.59. The van der Waals surface area contributed by atoms with Gasteiger partial charge in [0, 0.05) is 61.8 Å². The molecule has 3 saturated heterocycles. The Hall–Kier alpha value is -3.78. The van der Waals surface area contributed by atoms with Crippen molar-refractivity contribution in [2.24, 2.45) is 5.92 Å². The maximum Gasteiger partial charge on any atom is 0.399 e. The van der Waals surface area contributed by atoms with E-state index < -0.39 is 42.7 Å². The predicted octanol–water partition coefficient (Wildman–Crippen LogP) is 3.32. The summed E-state index contributed by atoms with van der Waals surface area (Å²) in [5.41, 5.74) is -4.16. The van der Waals surface area contributed by atoms with Crippen LogP contribution in [-0.2, 0) is 31.0 Å². The monoisotopic (exact) mass is 703 g/mol. The molecule has 2 aromatic heterocycles. The second-order valence-corrected chi connectivity index (χ2v) is 15.5. The molecule has 5 heterocycles. The van der Waals surface area contributed by atoms with Gasteiger partial charge in [0.2, 0.25) is 17.7 Å². The van der Waals surface area contributed by atoms with Gasteiger partial charge in [-0.15, -0.1) is 11.3 Å². The highest BCUT2D eigenvalue weighted by atomic mass is 32.1. The zero-order chi connectivity index (χ0) is 34.4. The van der Waals surface area contributed by atoms with Gasteiger partial charge < -0.3 is 29.8 Å². The van der Waals surface area contributed by atoms with Gasteiger partial charge in [-0.2, -0.15) is 8.78 Å². The van der Waals surface area contributed by atoms with Crippen LogP contribution in [0.15, 0.2) is 48.8 Å². The Kier molecular flexibility index (Phi) is 9.42. The Morgan fingerprint density at radius 1 is 1.02 bits per heavy atom. The number of halogens is 2. The van der Waals surface area contributed by atoms with E-state index in [9.17, 15) is 32.5 Å². The van der Waals surface area contributed by atoms with Gasteiger partial charge in [-0.05, 0) is 79.3 Å². The smallest absolute Gasteiger partial charge is 0.341 e. The first-order valence-electron chi connectivity index (χ1n) is 15.8. The van der Waals surface area contributed by atoms with Crippen molar-refractivity contribution in [3.05, 3.63) is 64.8 Å². The molecule has 4 amide bonds. The minimum atomic E-state index is -5.79. The van der Waals surface area contributed by atoms with E-state index in [-0.39, 0.29) is 40.6 Å². The minimum Gasteiger partial charge on any atom is -0.341 e. The van der Waals surface area contributed by atoms with Crippen molar-refractivity contribution in [3.8, 4) is 0 Å². The van der Waals surface area contributed by atoms with E-state index in [4.69, 9.17) is 9.79 Å². The van der Waals surface area contributed by atoms with Gasteiger partial charge in [-0.25, -0.2) is 0 Å². The number of hydrogen-bond donors (Lipinski definition) is 3. The van der Waals surface area contributed by atoms with Crippen LogP contribution in [-0.4, -0.2) is 97.4 Å². The lowest BCUT2D eigenvalue weighted by atomic mass is 10.00. The third-order valence-electron chi connectivity index (χ3n) is 9.55. The molecule has 0 unspecified atom stereocenters. The van der Waals surface area contributed by atoms with Gasteiger partial charge in [0.05, 0.1) is 4.88 Å². The number of pyridine rings is 1. The number of rotatable bonds is 7. The van der Waals surface area contributed by atoms with Gasteiger partial charge >= 0.3 is 13.3 Å². The molecule has 12 nitrogen and oxygen atoms in total. The van der Waals surface area contributed by atoms with Crippen LogP contribution in [0.4, 0.5) is 8.78 Å². The van der Waals surface area contributed by atoms with E-state index >= 15 is 0 Å². The number of nitrogens with one attached hydrogen (secondary N) is 1. The number of hydrogen-bond acceptors (Lipinski definition) is 7. The molecule has 0 saturated carbocycles. The first kappa shape index (κ1) is 34.1. The average Bonchev–Trinajstić information content (AvgIpc) is 3.79. The van der Waals surface area contributed by atoms with Crippen molar-refractivity contribution in [3.63, 3.8) is 0 Å². The van der Waals surface area contributed by atoms with E-state index in [0.717, 1.165) is 41.9 Å². The van der Waals surface area contributed by atoms with Crippen molar-refractivity contribution < 1.29 is 42.3 Å². The van der Waals surface area contributed by atoms with Crippen molar-refractivity contribution in [1.29, 1.82) is 0 Å². The van der Waals surface area contributed by atoms with Crippen LogP contribution >= 0.6 is 18.9 Å². The van der Waals surface area contributed by atoms with E-state index in [1.807, 2.05) is 17.0 Å². The normalized spacial score (nSPS) is 23.6. The quantitative estimate of drug-likeness (QED) is 0.316. The molecule has 6 rings (SSSR count).